The first kappa shape index (κ1) is 23.6. The van der Waals surface area contributed by atoms with Crippen molar-refractivity contribution in [1.82, 2.24) is 9.80 Å². The third kappa shape index (κ3) is 5.38. The molecule has 0 aromatic heterocycles. The van der Waals surface area contributed by atoms with Crippen LogP contribution in [0.25, 0.3) is 0 Å². The molecule has 3 atom stereocenters. The fourth-order valence-corrected chi connectivity index (χ4v) is 3.96. The van der Waals surface area contributed by atoms with Crippen LogP contribution in [0, 0.1) is 11.8 Å². The maximum absolute atomic E-state index is 13.5. The second-order valence-electron chi connectivity index (χ2n) is 8.98. The van der Waals surface area contributed by atoms with Crippen LogP contribution in [0.1, 0.15) is 33.3 Å². The molecule has 9 heteroatoms. The van der Waals surface area contributed by atoms with Gasteiger partial charge >= 0.3 is 18.2 Å². The molecule has 9 nitrogen and oxygen atoms in total. The Hall–Kier alpha value is -3.10. The van der Waals surface area contributed by atoms with Crippen LogP contribution in [0.2, 0.25) is 0 Å². The predicted molar refractivity (Wildman–Crippen MR) is 114 cm³/mol. The first-order valence-corrected chi connectivity index (χ1v) is 10.8. The lowest BCUT2D eigenvalue weighted by molar-refractivity contribution is -0.152. The highest BCUT2D eigenvalue weighted by Gasteiger charge is 2.50. The molecule has 3 rings (SSSR count). The molecule has 2 saturated heterocycles. The standard InChI is InChI=1S/C23H30N2O7/c1-5-30-20(27)18-13-24(21(28)32-23(2,3)4)12-17(18)19(26)25-16(14-31-22(25)29)11-15-9-7-6-8-10-15/h6-10,16-18H,5,11-14H2,1-4H3/t16-,17-,18-/m0/s1. The Morgan fingerprint density at radius 1 is 1.09 bits per heavy atom. The third-order valence-corrected chi connectivity index (χ3v) is 5.39. The number of nitrogens with zero attached hydrogens (tertiary/aromatic N) is 2. The molecule has 2 aliphatic heterocycles. The highest BCUT2D eigenvalue weighted by molar-refractivity contribution is 5.97. The quantitative estimate of drug-likeness (QED) is 0.506. The summed E-state index contributed by atoms with van der Waals surface area (Å²) in [5.41, 5.74) is 0.232. The zero-order valence-electron chi connectivity index (χ0n) is 18.9. The number of benzene rings is 1. The van der Waals surface area contributed by atoms with Gasteiger partial charge in [-0.3, -0.25) is 9.59 Å². The van der Waals surface area contributed by atoms with Crippen molar-refractivity contribution in [3.8, 4) is 0 Å². The molecule has 0 unspecified atom stereocenters. The molecule has 0 spiro atoms. The lowest BCUT2D eigenvalue weighted by Gasteiger charge is -2.25. The van der Waals surface area contributed by atoms with Crippen LogP contribution in [0.15, 0.2) is 30.3 Å². The Morgan fingerprint density at radius 3 is 2.38 bits per heavy atom. The SMILES string of the molecule is CCOC(=O)[C@H]1CN(C(=O)OC(C)(C)C)C[C@@H]1C(=O)N1C(=O)OC[C@@H]1Cc1ccccc1. The molecule has 1 aromatic carbocycles. The Balaban J connectivity index is 1.81. The molecule has 0 N–H and O–H groups in total. The number of rotatable bonds is 5. The van der Waals surface area contributed by atoms with Gasteiger partial charge in [0.2, 0.25) is 5.91 Å². The van der Waals surface area contributed by atoms with Crippen LogP contribution < -0.4 is 0 Å². The highest BCUT2D eigenvalue weighted by atomic mass is 16.6. The number of hydrogen-bond donors (Lipinski definition) is 0. The lowest BCUT2D eigenvalue weighted by Crippen LogP contribution is -2.46. The van der Waals surface area contributed by atoms with Crippen molar-refractivity contribution in [3.63, 3.8) is 0 Å². The normalized spacial score (nSPS) is 23.1. The minimum absolute atomic E-state index is 0.0175. The minimum Gasteiger partial charge on any atom is -0.466 e. The summed E-state index contributed by atoms with van der Waals surface area (Å²) in [6, 6.07) is 8.98. The second-order valence-corrected chi connectivity index (χ2v) is 8.98. The van der Waals surface area contributed by atoms with Gasteiger partial charge in [-0.15, -0.1) is 0 Å². The molecule has 2 aliphatic rings. The summed E-state index contributed by atoms with van der Waals surface area (Å²) in [4.78, 5) is 53.5. The molecule has 0 saturated carbocycles. The fraction of sp³-hybridized carbons (Fsp3) is 0.565. The number of carbonyl (C=O) groups excluding carboxylic acids is 4. The molecule has 2 fully saturated rings. The van der Waals surface area contributed by atoms with Crippen molar-refractivity contribution in [2.75, 3.05) is 26.3 Å². The summed E-state index contributed by atoms with van der Waals surface area (Å²) in [5, 5.41) is 0. The Kier molecular flexibility index (Phi) is 7.06. The van der Waals surface area contributed by atoms with E-state index in [9.17, 15) is 19.2 Å². The molecular formula is C23H30N2O7. The predicted octanol–water partition coefficient (Wildman–Crippen LogP) is 2.62. The van der Waals surface area contributed by atoms with Gasteiger partial charge in [-0.1, -0.05) is 30.3 Å². The number of esters is 1. The van der Waals surface area contributed by atoms with E-state index in [-0.39, 0.29) is 26.3 Å². The average molecular weight is 447 g/mol. The summed E-state index contributed by atoms with van der Waals surface area (Å²) < 4.78 is 15.7. The van der Waals surface area contributed by atoms with Crippen LogP contribution >= 0.6 is 0 Å². The lowest BCUT2D eigenvalue weighted by atomic mass is 9.93. The van der Waals surface area contributed by atoms with Crippen LogP contribution in [0.4, 0.5) is 9.59 Å². The minimum atomic E-state index is -0.925. The molecule has 3 amide bonds. The van der Waals surface area contributed by atoms with Gasteiger partial charge in [0.05, 0.1) is 24.5 Å². The van der Waals surface area contributed by atoms with Crippen molar-refractivity contribution < 1.29 is 33.4 Å². The zero-order chi connectivity index (χ0) is 23.5. The number of carbonyl (C=O) groups is 4. The van der Waals surface area contributed by atoms with Gasteiger partial charge in [-0.25, -0.2) is 14.5 Å². The van der Waals surface area contributed by atoms with Crippen molar-refractivity contribution in [2.45, 2.75) is 45.8 Å². The molecule has 0 aliphatic carbocycles. The maximum atomic E-state index is 13.5. The molecule has 174 valence electrons. The van der Waals surface area contributed by atoms with Gasteiger partial charge in [0.15, 0.2) is 0 Å². The molecule has 0 radical (unpaired) electrons. The third-order valence-electron chi connectivity index (χ3n) is 5.39. The molecule has 32 heavy (non-hydrogen) atoms. The first-order chi connectivity index (χ1) is 15.1. The molecule has 0 bridgehead atoms. The van der Waals surface area contributed by atoms with E-state index in [0.29, 0.717) is 6.42 Å². The number of likely N-dealkylation sites (tertiary alicyclic amines) is 1. The van der Waals surface area contributed by atoms with E-state index in [0.717, 1.165) is 10.5 Å². The topological polar surface area (TPSA) is 102 Å². The van der Waals surface area contributed by atoms with Gasteiger partial charge in [0.25, 0.3) is 0 Å². The fourth-order valence-electron chi connectivity index (χ4n) is 3.96. The highest BCUT2D eigenvalue weighted by Crippen LogP contribution is 2.31. The Bertz CT molecular complexity index is 865. The van der Waals surface area contributed by atoms with Crippen LogP contribution in [-0.2, 0) is 30.2 Å². The summed E-state index contributed by atoms with van der Waals surface area (Å²) in [5.74, 6) is -2.94. The summed E-state index contributed by atoms with van der Waals surface area (Å²) in [6.07, 6.45) is -0.925. The van der Waals surface area contributed by atoms with E-state index >= 15 is 0 Å². The van der Waals surface area contributed by atoms with Gasteiger partial charge in [0.1, 0.15) is 12.2 Å². The monoisotopic (exact) mass is 446 g/mol. The van der Waals surface area contributed by atoms with E-state index in [4.69, 9.17) is 14.2 Å². The van der Waals surface area contributed by atoms with Crippen molar-refractivity contribution in [3.05, 3.63) is 35.9 Å². The van der Waals surface area contributed by atoms with E-state index in [2.05, 4.69) is 0 Å². The van der Waals surface area contributed by atoms with Crippen molar-refractivity contribution in [2.24, 2.45) is 11.8 Å². The van der Waals surface area contributed by atoms with E-state index in [1.807, 2.05) is 30.3 Å². The molecule has 1 aromatic rings. The summed E-state index contributed by atoms with van der Waals surface area (Å²) in [6.45, 7) is 7.04. The summed E-state index contributed by atoms with van der Waals surface area (Å²) >= 11 is 0. The number of amides is 3. The first-order valence-electron chi connectivity index (χ1n) is 10.8. The molecular weight excluding hydrogens is 416 g/mol. The van der Waals surface area contributed by atoms with Crippen molar-refractivity contribution in [1.29, 1.82) is 0 Å². The average Bonchev–Trinajstić information content (AvgIpc) is 3.32. The van der Waals surface area contributed by atoms with Gasteiger partial charge in [0, 0.05) is 13.1 Å². The van der Waals surface area contributed by atoms with Crippen LogP contribution in [-0.4, -0.2) is 71.8 Å². The number of imide groups is 1. The Labute approximate surface area is 187 Å². The van der Waals surface area contributed by atoms with Crippen LogP contribution in [0.5, 0.6) is 0 Å². The molecule has 2 heterocycles. The van der Waals surface area contributed by atoms with E-state index < -0.39 is 47.5 Å². The van der Waals surface area contributed by atoms with Gasteiger partial charge in [-0.05, 0) is 39.7 Å². The van der Waals surface area contributed by atoms with E-state index in [1.54, 1.807) is 27.7 Å². The summed E-state index contributed by atoms with van der Waals surface area (Å²) in [7, 11) is 0. The van der Waals surface area contributed by atoms with E-state index in [1.165, 1.54) is 4.90 Å². The smallest absolute Gasteiger partial charge is 0.416 e. The Morgan fingerprint density at radius 2 is 1.75 bits per heavy atom. The largest absolute Gasteiger partial charge is 0.466 e. The zero-order valence-corrected chi connectivity index (χ0v) is 18.9. The number of ether oxygens (including phenoxy) is 3. The second kappa shape index (κ2) is 9.58. The number of cyclic esters (lactones) is 1. The van der Waals surface area contributed by atoms with Gasteiger partial charge in [-0.2, -0.15) is 0 Å². The van der Waals surface area contributed by atoms with Crippen molar-refractivity contribution >= 4 is 24.1 Å². The maximum Gasteiger partial charge on any atom is 0.416 e. The number of hydrogen-bond acceptors (Lipinski definition) is 7. The van der Waals surface area contributed by atoms with Gasteiger partial charge < -0.3 is 19.1 Å². The van der Waals surface area contributed by atoms with Crippen LogP contribution in [0.3, 0.4) is 0 Å².